The third-order valence-electron chi connectivity index (χ3n) is 3.52. The van der Waals surface area contributed by atoms with Crippen LogP contribution in [-0.2, 0) is 0 Å². The zero-order valence-corrected chi connectivity index (χ0v) is 13.7. The van der Waals surface area contributed by atoms with Crippen molar-refractivity contribution in [3.05, 3.63) is 53.6 Å². The van der Waals surface area contributed by atoms with E-state index in [2.05, 4.69) is 25.7 Å². The molecule has 0 bridgehead atoms. The number of carbonyl (C=O) groups is 1. The molecule has 0 aliphatic rings. The Balaban J connectivity index is 1.60. The topological polar surface area (TPSA) is 111 Å². The predicted octanol–water partition coefficient (Wildman–Crippen LogP) is 3.10. The van der Waals surface area contributed by atoms with Crippen molar-refractivity contribution in [1.29, 1.82) is 0 Å². The fourth-order valence-corrected chi connectivity index (χ4v) is 2.98. The van der Waals surface area contributed by atoms with Gasteiger partial charge in [-0.25, -0.2) is 19.4 Å². The maximum absolute atomic E-state index is 12.1. The molecule has 2 amide bonds. The van der Waals surface area contributed by atoms with Crippen LogP contribution in [0.1, 0.15) is 0 Å². The standard InChI is InChI=1S/C16H13N7OS/c17-14-13-7-20-23(15(13)19-9-18-14)12-3-1-2-10(6-12)21-16(24)22-11-4-5-25-8-11/h1-9H,(H2,17,18,19)(H2,21,22,24). The molecule has 4 N–H and O–H groups in total. The van der Waals surface area contributed by atoms with Gasteiger partial charge < -0.3 is 16.4 Å². The van der Waals surface area contributed by atoms with Crippen LogP contribution in [0.25, 0.3) is 16.7 Å². The van der Waals surface area contributed by atoms with E-state index in [-0.39, 0.29) is 6.03 Å². The lowest BCUT2D eigenvalue weighted by Crippen LogP contribution is -2.19. The minimum absolute atomic E-state index is 0.313. The van der Waals surface area contributed by atoms with Gasteiger partial charge in [0.2, 0.25) is 0 Å². The molecule has 0 atom stereocenters. The van der Waals surface area contributed by atoms with Crippen LogP contribution in [-0.4, -0.2) is 25.8 Å². The predicted molar refractivity (Wildman–Crippen MR) is 98.0 cm³/mol. The van der Waals surface area contributed by atoms with Crippen molar-refractivity contribution in [1.82, 2.24) is 19.7 Å². The molecule has 8 nitrogen and oxygen atoms in total. The van der Waals surface area contributed by atoms with Crippen molar-refractivity contribution in [2.45, 2.75) is 0 Å². The van der Waals surface area contributed by atoms with Crippen LogP contribution in [0.15, 0.2) is 53.6 Å². The first-order chi connectivity index (χ1) is 12.2. The normalized spacial score (nSPS) is 10.7. The number of carbonyl (C=O) groups excluding carboxylic acids is 1. The Labute approximate surface area is 146 Å². The number of benzene rings is 1. The number of nitrogens with one attached hydrogen (secondary N) is 2. The third kappa shape index (κ3) is 3.00. The molecule has 0 aliphatic heterocycles. The van der Waals surface area contributed by atoms with Gasteiger partial charge in [-0.1, -0.05) is 6.07 Å². The summed E-state index contributed by atoms with van der Waals surface area (Å²) in [4.78, 5) is 20.2. The van der Waals surface area contributed by atoms with Gasteiger partial charge in [-0.2, -0.15) is 16.4 Å². The van der Waals surface area contributed by atoms with Crippen LogP contribution < -0.4 is 16.4 Å². The molecular weight excluding hydrogens is 338 g/mol. The highest BCUT2D eigenvalue weighted by Crippen LogP contribution is 2.21. The van der Waals surface area contributed by atoms with Gasteiger partial charge in [-0.15, -0.1) is 0 Å². The average Bonchev–Trinajstić information content (AvgIpc) is 3.25. The number of rotatable bonds is 3. The van der Waals surface area contributed by atoms with Crippen LogP contribution in [0.3, 0.4) is 0 Å². The van der Waals surface area contributed by atoms with Crippen molar-refractivity contribution in [3.8, 4) is 5.69 Å². The zero-order valence-electron chi connectivity index (χ0n) is 12.9. The molecule has 0 saturated heterocycles. The van der Waals surface area contributed by atoms with Crippen LogP contribution in [0, 0.1) is 0 Å². The van der Waals surface area contributed by atoms with E-state index >= 15 is 0 Å². The maximum Gasteiger partial charge on any atom is 0.323 e. The van der Waals surface area contributed by atoms with Crippen molar-refractivity contribution in [3.63, 3.8) is 0 Å². The Morgan fingerprint density at radius 1 is 1.16 bits per heavy atom. The summed E-state index contributed by atoms with van der Waals surface area (Å²) in [7, 11) is 0. The molecule has 4 aromatic rings. The molecule has 0 fully saturated rings. The second-order valence-electron chi connectivity index (χ2n) is 5.19. The molecule has 124 valence electrons. The molecule has 25 heavy (non-hydrogen) atoms. The van der Waals surface area contributed by atoms with E-state index in [1.54, 1.807) is 23.0 Å². The molecule has 9 heteroatoms. The van der Waals surface area contributed by atoms with E-state index < -0.39 is 0 Å². The van der Waals surface area contributed by atoms with Gasteiger partial charge in [0.15, 0.2) is 5.65 Å². The highest BCUT2D eigenvalue weighted by atomic mass is 32.1. The number of thiophene rings is 1. The van der Waals surface area contributed by atoms with E-state index in [0.29, 0.717) is 22.5 Å². The maximum atomic E-state index is 12.1. The smallest absolute Gasteiger partial charge is 0.323 e. The second kappa shape index (κ2) is 6.21. The van der Waals surface area contributed by atoms with Gasteiger partial charge in [-0.05, 0) is 29.6 Å². The number of amides is 2. The monoisotopic (exact) mass is 351 g/mol. The summed E-state index contributed by atoms with van der Waals surface area (Å²) in [5, 5.41) is 14.3. The lowest BCUT2D eigenvalue weighted by Gasteiger charge is -2.08. The SMILES string of the molecule is Nc1ncnc2c1cnn2-c1cccc(NC(=O)Nc2ccsc2)c1. The molecule has 0 aliphatic carbocycles. The van der Waals surface area contributed by atoms with E-state index in [1.807, 2.05) is 29.0 Å². The summed E-state index contributed by atoms with van der Waals surface area (Å²) in [5.74, 6) is 0.376. The summed E-state index contributed by atoms with van der Waals surface area (Å²) in [6, 6.07) is 8.82. The van der Waals surface area contributed by atoms with Gasteiger partial charge in [-0.3, -0.25) is 0 Å². The lowest BCUT2D eigenvalue weighted by molar-refractivity contribution is 0.262. The second-order valence-corrected chi connectivity index (χ2v) is 5.97. The number of aromatic nitrogens is 4. The first-order valence-corrected chi connectivity index (χ1v) is 8.30. The molecule has 0 radical (unpaired) electrons. The highest BCUT2D eigenvalue weighted by molar-refractivity contribution is 7.08. The van der Waals surface area contributed by atoms with Gasteiger partial charge in [0.1, 0.15) is 12.1 Å². The quantitative estimate of drug-likeness (QED) is 0.525. The fourth-order valence-electron chi connectivity index (χ4n) is 2.40. The van der Waals surface area contributed by atoms with Crippen molar-refractivity contribution < 1.29 is 4.79 Å². The van der Waals surface area contributed by atoms with Crippen LogP contribution in [0.2, 0.25) is 0 Å². The largest absolute Gasteiger partial charge is 0.383 e. The number of hydrogen-bond acceptors (Lipinski definition) is 6. The number of nitrogen functional groups attached to an aromatic ring is 1. The lowest BCUT2D eigenvalue weighted by atomic mass is 10.2. The number of nitrogens with zero attached hydrogens (tertiary/aromatic N) is 4. The minimum atomic E-state index is -0.313. The summed E-state index contributed by atoms with van der Waals surface area (Å²) in [5.41, 5.74) is 8.58. The van der Waals surface area contributed by atoms with E-state index in [0.717, 1.165) is 11.4 Å². The summed E-state index contributed by atoms with van der Waals surface area (Å²) in [6.45, 7) is 0. The molecule has 4 rings (SSSR count). The molecule has 3 heterocycles. The molecule has 0 unspecified atom stereocenters. The van der Waals surface area contributed by atoms with Crippen LogP contribution in [0.5, 0.6) is 0 Å². The number of anilines is 3. The average molecular weight is 351 g/mol. The molecule has 1 aromatic carbocycles. The van der Waals surface area contributed by atoms with Crippen molar-refractivity contribution >= 4 is 45.6 Å². The number of urea groups is 1. The number of nitrogens with two attached hydrogens (primary N) is 1. The Morgan fingerprint density at radius 2 is 2.04 bits per heavy atom. The first kappa shape index (κ1) is 15.1. The molecular formula is C16H13N7OS. The fraction of sp³-hybridized carbons (Fsp3) is 0. The minimum Gasteiger partial charge on any atom is -0.383 e. The summed E-state index contributed by atoms with van der Waals surface area (Å²) in [6.07, 6.45) is 3.01. The van der Waals surface area contributed by atoms with Crippen LogP contribution in [0.4, 0.5) is 22.0 Å². The van der Waals surface area contributed by atoms with Gasteiger partial charge >= 0.3 is 6.03 Å². The van der Waals surface area contributed by atoms with E-state index in [1.165, 1.54) is 17.7 Å². The highest BCUT2D eigenvalue weighted by Gasteiger charge is 2.10. The van der Waals surface area contributed by atoms with Crippen molar-refractivity contribution in [2.24, 2.45) is 0 Å². The Morgan fingerprint density at radius 3 is 2.88 bits per heavy atom. The summed E-state index contributed by atoms with van der Waals surface area (Å²) < 4.78 is 1.65. The first-order valence-electron chi connectivity index (χ1n) is 7.35. The number of fused-ring (bicyclic) bond motifs is 1. The Kier molecular flexibility index (Phi) is 3.75. The Bertz CT molecular complexity index is 1040. The van der Waals surface area contributed by atoms with Gasteiger partial charge in [0, 0.05) is 11.1 Å². The van der Waals surface area contributed by atoms with Gasteiger partial charge in [0.05, 0.1) is 23.0 Å². The Hall–Kier alpha value is -3.46. The molecule has 3 aromatic heterocycles. The van der Waals surface area contributed by atoms with E-state index in [9.17, 15) is 4.79 Å². The van der Waals surface area contributed by atoms with Crippen LogP contribution >= 0.6 is 11.3 Å². The van der Waals surface area contributed by atoms with Crippen molar-refractivity contribution in [2.75, 3.05) is 16.4 Å². The van der Waals surface area contributed by atoms with Gasteiger partial charge in [0.25, 0.3) is 0 Å². The molecule has 0 saturated carbocycles. The number of hydrogen-bond donors (Lipinski definition) is 3. The third-order valence-corrected chi connectivity index (χ3v) is 4.21. The molecule has 0 spiro atoms. The van der Waals surface area contributed by atoms with E-state index in [4.69, 9.17) is 5.73 Å². The zero-order chi connectivity index (χ0) is 17.2. The summed E-state index contributed by atoms with van der Waals surface area (Å²) >= 11 is 1.51.